The van der Waals surface area contributed by atoms with E-state index in [1.807, 2.05) is 53.7 Å². The number of carboxylic acids is 1. The Morgan fingerprint density at radius 1 is 0.559 bits per heavy atom. The fourth-order valence-corrected chi connectivity index (χ4v) is 14.3. The molecule has 0 bridgehead atoms. The number of nitrogens with one attached hydrogen (secondary N) is 10. The van der Waals surface area contributed by atoms with Gasteiger partial charge in [0, 0.05) is 59.6 Å². The number of amides is 1. The lowest BCUT2D eigenvalue weighted by Crippen LogP contribution is -2.25. The van der Waals surface area contributed by atoms with Crippen LogP contribution in [0.1, 0.15) is 96.9 Å². The van der Waals surface area contributed by atoms with E-state index in [4.69, 9.17) is 27.2 Å². The minimum absolute atomic E-state index is 0.0713. The van der Waals surface area contributed by atoms with E-state index in [0.717, 1.165) is 104 Å². The highest BCUT2D eigenvalue weighted by molar-refractivity contribution is 7.90. The topological polar surface area (TPSA) is 472 Å². The van der Waals surface area contributed by atoms with Crippen molar-refractivity contribution in [1.29, 1.82) is 0 Å². The number of aryl methyl sites for hydroxylation is 6. The minimum Gasteiger partial charge on any atom is -0.481 e. The van der Waals surface area contributed by atoms with E-state index in [2.05, 4.69) is 84.9 Å². The van der Waals surface area contributed by atoms with Crippen molar-refractivity contribution in [3.63, 3.8) is 0 Å². The largest absolute Gasteiger partial charge is 0.481 e. The molecule has 0 unspecified atom stereocenters. The van der Waals surface area contributed by atoms with Crippen LogP contribution in [-0.4, -0.2) is 153 Å². The highest BCUT2D eigenvalue weighted by Crippen LogP contribution is 2.33. The number of nitrogens with zero attached hydrogens (tertiary/aromatic N) is 8. The standard InChI is InChI=1S/C16H10N2O2.C12H17N3O2S.C11H9FN4.C10H9N3O2.C9H10N2O2S.C8H5FN2O2S.C8H9N3O2S/c1-8-17-13-6-11-12(7-14(13)18-8)16(20)10-5-3-2-4-9(10)15(11)19;1-3-4-7-13-18(16,17)10-5-6-11-12(8-10)15-9(2)14-11;1-7-14-9-5-8(12)11(6-10(9)15-7)16-4-2-3-13-16;1-5-11-6-2-8-9(3-7(6)12-5)15-4-10(14)13-8;1-6-10-8-4-3-7(14(2,12)13)5-9(8)11-6;9-3-1-4(7(12)13)6-5(2-3)10-8(14)11-6;1-5-10-7-3-2-6(14(9,12)13)4-8(7)11-5/h2-7H,1H3,(H,17,18);5-6,8,13H,3-4,7H2,1-2H3,(H,14,15);2-6H,1H3,(H,14,15);2-3H,4H2,1H3,(H,11,12)(H,13,14);3-5H,1-2H3,(H,10,11);1-2H,(H,12,13)(H2,10,11,14);2-4H,1H3,(H,10,11)(H2,9,12,13). The van der Waals surface area contributed by atoms with Crippen molar-refractivity contribution in [2.45, 2.75) is 76.0 Å². The molecular weight excluding hydrogens is 1510 g/mol. The molecule has 9 heterocycles. The summed E-state index contributed by atoms with van der Waals surface area (Å²) in [6.07, 6.45) is 6.30. The number of ether oxygens (including phenoxy) is 1. The average molecular weight is 1580 g/mol. The Kier molecular flexibility index (Phi) is 22.3. The molecule has 2 aliphatic rings. The number of carbonyl (C=O) groups excluding carboxylic acids is 3. The number of anilines is 1. The lowest BCUT2D eigenvalue weighted by molar-refractivity contribution is -0.118. The number of halogens is 2. The summed E-state index contributed by atoms with van der Waals surface area (Å²) in [5, 5.41) is 20.5. The molecule has 1 amide bonds. The van der Waals surface area contributed by atoms with Crippen LogP contribution in [0.25, 0.3) is 82.9 Å². The van der Waals surface area contributed by atoms with Crippen molar-refractivity contribution in [2.75, 3.05) is 24.7 Å². The predicted octanol–water partition coefficient (Wildman–Crippen LogP) is 11.9. The monoisotopic (exact) mass is 1580 g/mol. The molecule has 31 nitrogen and oxygen atoms in total. The molecule has 8 aromatic carbocycles. The van der Waals surface area contributed by atoms with E-state index in [-0.39, 0.29) is 50.0 Å². The Hall–Kier alpha value is -12.8. The van der Waals surface area contributed by atoms with Gasteiger partial charge in [-0.05, 0) is 157 Å². The van der Waals surface area contributed by atoms with Crippen LogP contribution in [0.15, 0.2) is 161 Å². The van der Waals surface area contributed by atoms with Crippen molar-refractivity contribution in [3.05, 3.63) is 225 Å². The van der Waals surface area contributed by atoms with Gasteiger partial charge in [0.2, 0.25) is 20.0 Å². The molecule has 16 aromatic rings. The zero-order valence-electron chi connectivity index (χ0n) is 60.2. The number of sulfonamides is 2. The van der Waals surface area contributed by atoms with Gasteiger partial charge in [0.1, 0.15) is 52.2 Å². The number of fused-ring (bicyclic) bond motifs is 10. The fourth-order valence-electron chi connectivity index (χ4n) is 11.8. The molecule has 570 valence electrons. The first kappa shape index (κ1) is 77.8. The van der Waals surface area contributed by atoms with E-state index in [1.54, 1.807) is 110 Å². The molecule has 0 fully saturated rings. The van der Waals surface area contributed by atoms with E-state index < -0.39 is 41.7 Å². The molecule has 1 aliphatic carbocycles. The second-order valence-electron chi connectivity index (χ2n) is 25.4. The second-order valence-corrected chi connectivity index (χ2v) is 31.1. The number of aromatic nitrogens is 16. The minimum atomic E-state index is -3.63. The molecule has 0 spiro atoms. The molecule has 111 heavy (non-hydrogen) atoms. The van der Waals surface area contributed by atoms with Crippen LogP contribution < -0.4 is 19.9 Å². The van der Waals surface area contributed by atoms with E-state index in [9.17, 15) is 53.2 Å². The van der Waals surface area contributed by atoms with Gasteiger partial charge >= 0.3 is 5.97 Å². The van der Waals surface area contributed by atoms with E-state index in [0.29, 0.717) is 78.4 Å². The van der Waals surface area contributed by atoms with Crippen molar-refractivity contribution >= 4 is 148 Å². The molecule has 1 aliphatic heterocycles. The Bertz CT molecular complexity index is 6580. The molecule has 0 atom stereocenters. The Morgan fingerprint density at radius 2 is 1.04 bits per heavy atom. The summed E-state index contributed by atoms with van der Waals surface area (Å²) in [4.78, 5) is 96.5. The van der Waals surface area contributed by atoms with E-state index in [1.165, 1.54) is 35.2 Å². The number of rotatable bonds is 9. The van der Waals surface area contributed by atoms with Gasteiger partial charge in [0.05, 0.1) is 103 Å². The number of primary sulfonamides is 1. The van der Waals surface area contributed by atoms with Crippen LogP contribution in [0, 0.1) is 57.9 Å². The first-order valence-corrected chi connectivity index (χ1v) is 39.0. The third-order valence-corrected chi connectivity index (χ3v) is 20.5. The molecule has 18 rings (SSSR count). The third kappa shape index (κ3) is 18.0. The number of carbonyl (C=O) groups is 4. The van der Waals surface area contributed by atoms with Crippen molar-refractivity contribution in [1.82, 2.24) is 84.3 Å². The van der Waals surface area contributed by atoms with Crippen LogP contribution in [-0.2, 0) is 34.7 Å². The zero-order valence-corrected chi connectivity index (χ0v) is 63.4. The first-order valence-electron chi connectivity index (χ1n) is 33.7. The summed E-state index contributed by atoms with van der Waals surface area (Å²) in [6.45, 7) is 13.6. The molecule has 8 aromatic heterocycles. The van der Waals surface area contributed by atoms with Gasteiger partial charge in [-0.3, -0.25) is 14.4 Å². The number of nitrogens with two attached hydrogens (primary N) is 1. The summed E-state index contributed by atoms with van der Waals surface area (Å²) in [6, 6.07) is 35.3. The van der Waals surface area contributed by atoms with Crippen LogP contribution in [0.2, 0.25) is 0 Å². The molecule has 0 saturated carbocycles. The lowest BCUT2D eigenvalue weighted by Gasteiger charge is -2.17. The SMILES string of the molecule is CCCCNS(=O)(=O)c1ccc2nc(C)[nH]c2c1.Cc1nc2cc(-n3cccn3)c(F)cc2[nH]1.Cc1nc2cc3c(cc2[nH]1)C(=O)c1ccccc1C3=O.Cc1nc2cc3c(cc2[nH]1)NC(=O)CO3.Cc1nc2ccc(S(C)(=O)=O)cc2[nH]1.Cc1nc2ccc(S(N)(=O)=O)cc2[nH]1.O=C(O)c1cc(F)cc2[nH]c(=S)[nH]c12. The number of aromatic amines is 8. The van der Waals surface area contributed by atoms with Gasteiger partial charge in [-0.25, -0.2) is 83.3 Å². The van der Waals surface area contributed by atoms with E-state index >= 15 is 0 Å². The van der Waals surface area contributed by atoms with Gasteiger partial charge in [0.25, 0.3) is 5.91 Å². The van der Waals surface area contributed by atoms with Crippen LogP contribution in [0.3, 0.4) is 0 Å². The van der Waals surface area contributed by atoms with Gasteiger partial charge < -0.3 is 55.0 Å². The second kappa shape index (κ2) is 31.8. The summed E-state index contributed by atoms with van der Waals surface area (Å²) in [5.74, 6) is 2.88. The van der Waals surface area contributed by atoms with Crippen molar-refractivity contribution < 1.29 is 63.1 Å². The van der Waals surface area contributed by atoms with Crippen molar-refractivity contribution in [2.24, 2.45) is 5.14 Å². The maximum atomic E-state index is 13.8. The fraction of sp³-hybridized carbons (Fsp3) is 0.162. The summed E-state index contributed by atoms with van der Waals surface area (Å²) < 4.78 is 105. The smallest absolute Gasteiger partial charge is 0.338 e. The summed E-state index contributed by atoms with van der Waals surface area (Å²) in [7, 11) is -10.2. The highest BCUT2D eigenvalue weighted by Gasteiger charge is 2.30. The van der Waals surface area contributed by atoms with Crippen LogP contribution in [0.5, 0.6) is 5.75 Å². The number of H-pyrrole nitrogens is 8. The van der Waals surface area contributed by atoms with Gasteiger partial charge in [-0.15, -0.1) is 0 Å². The van der Waals surface area contributed by atoms with Gasteiger partial charge in [-0.1, -0.05) is 37.6 Å². The first-order chi connectivity index (χ1) is 52.6. The zero-order chi connectivity index (χ0) is 79.5. The highest BCUT2D eigenvalue weighted by atomic mass is 32.2. The Labute approximate surface area is 634 Å². The number of hydrogen-bond acceptors (Lipinski definition) is 19. The molecule has 13 N–H and O–H groups in total. The predicted molar refractivity (Wildman–Crippen MR) is 414 cm³/mol. The average Bonchev–Trinajstić information content (AvgIpc) is 1.59. The lowest BCUT2D eigenvalue weighted by atomic mass is 9.84. The number of hydrogen-bond donors (Lipinski definition) is 12. The van der Waals surface area contributed by atoms with Crippen LogP contribution >= 0.6 is 12.2 Å². The normalized spacial score (nSPS) is 12.4. The summed E-state index contributed by atoms with van der Waals surface area (Å²) >= 11 is 4.78. The summed E-state index contributed by atoms with van der Waals surface area (Å²) in [5.41, 5.74) is 12.6. The quantitative estimate of drug-likeness (QED) is 0.0472. The van der Waals surface area contributed by atoms with Gasteiger partial charge in [-0.2, -0.15) is 5.10 Å². The molecule has 0 saturated heterocycles. The van der Waals surface area contributed by atoms with Crippen LogP contribution in [0.4, 0.5) is 14.5 Å². The number of ketones is 2. The molecule has 37 heteroatoms. The van der Waals surface area contributed by atoms with Gasteiger partial charge in [0.15, 0.2) is 38.6 Å². The number of benzene rings is 8. The molecular formula is C74H69F2N19O12S4. The maximum absolute atomic E-state index is 13.8. The number of aromatic carboxylic acids is 1. The number of unbranched alkanes of at least 4 members (excludes halogenated alkanes) is 1. The van der Waals surface area contributed by atoms with Crippen molar-refractivity contribution in [3.8, 4) is 11.4 Å². The number of carboxylic acid groups (broad SMARTS) is 1. The molecule has 0 radical (unpaired) electrons. The number of imidazole rings is 7. The Morgan fingerprint density at radius 3 is 1.56 bits per heavy atom. The third-order valence-electron chi connectivity index (χ3n) is 16.8. The number of sulfone groups is 1. The maximum Gasteiger partial charge on any atom is 0.338 e. The Balaban J connectivity index is 0.000000121.